The van der Waals surface area contributed by atoms with Gasteiger partial charge in [0.1, 0.15) is 0 Å². The lowest BCUT2D eigenvalue weighted by Crippen LogP contribution is -2.43. The van der Waals surface area contributed by atoms with E-state index in [1.54, 1.807) is 0 Å². The molecule has 0 radical (unpaired) electrons. The van der Waals surface area contributed by atoms with E-state index in [-0.39, 0.29) is 5.91 Å². The number of hydrogen-bond donors (Lipinski definition) is 1. The summed E-state index contributed by atoms with van der Waals surface area (Å²) in [6.45, 7) is 10.3. The van der Waals surface area contributed by atoms with E-state index in [1.165, 1.54) is 40.6 Å². The first-order valence-corrected chi connectivity index (χ1v) is 10.8. The number of rotatable bonds is 5. The predicted molar refractivity (Wildman–Crippen MR) is 109 cm³/mol. The van der Waals surface area contributed by atoms with Gasteiger partial charge in [0.05, 0.1) is 5.75 Å². The van der Waals surface area contributed by atoms with Crippen molar-refractivity contribution in [2.75, 3.05) is 24.2 Å². The summed E-state index contributed by atoms with van der Waals surface area (Å²) in [7, 11) is 0. The normalized spacial score (nSPS) is 20.2. The van der Waals surface area contributed by atoms with Crippen molar-refractivity contribution in [3.63, 3.8) is 0 Å². The van der Waals surface area contributed by atoms with Crippen molar-refractivity contribution < 1.29 is 4.79 Å². The van der Waals surface area contributed by atoms with E-state index >= 15 is 0 Å². The Balaban J connectivity index is 1.56. The fourth-order valence-corrected chi connectivity index (χ4v) is 5.18. The zero-order chi connectivity index (χ0) is 18.7. The van der Waals surface area contributed by atoms with Crippen molar-refractivity contribution in [3.05, 3.63) is 29.3 Å². The third kappa shape index (κ3) is 4.76. The lowest BCUT2D eigenvalue weighted by atomic mass is 9.92. The van der Waals surface area contributed by atoms with Gasteiger partial charge in [-0.3, -0.25) is 4.79 Å². The number of benzene rings is 1. The first-order chi connectivity index (χ1) is 12.4. The Kier molecular flexibility index (Phi) is 6.19. The van der Waals surface area contributed by atoms with Crippen molar-refractivity contribution >= 4 is 39.8 Å². The molecule has 2 unspecified atom stereocenters. The van der Waals surface area contributed by atoms with Gasteiger partial charge in [0.25, 0.3) is 0 Å². The number of thioether (sulfide) groups is 1. The molecule has 1 amide bonds. The molecule has 0 spiro atoms. The van der Waals surface area contributed by atoms with Crippen molar-refractivity contribution in [2.45, 2.75) is 38.5 Å². The van der Waals surface area contributed by atoms with Gasteiger partial charge in [-0.25, -0.2) is 0 Å². The van der Waals surface area contributed by atoms with Gasteiger partial charge in [0, 0.05) is 18.8 Å². The SMILES string of the molecule is Cc1cccc(C)c1Nc1nnc(SCC(=O)N2CC(C)CC(C)C2)s1. The summed E-state index contributed by atoms with van der Waals surface area (Å²) < 4.78 is 0.824. The summed E-state index contributed by atoms with van der Waals surface area (Å²) in [5.41, 5.74) is 3.43. The lowest BCUT2D eigenvalue weighted by Gasteiger charge is -2.34. The number of hydrogen-bond acceptors (Lipinski definition) is 6. The quantitative estimate of drug-likeness (QED) is 0.762. The summed E-state index contributed by atoms with van der Waals surface area (Å²) in [5, 5.41) is 12.6. The second-order valence-electron chi connectivity index (χ2n) is 7.30. The zero-order valence-corrected chi connectivity index (χ0v) is 17.4. The van der Waals surface area contributed by atoms with Gasteiger partial charge in [0.15, 0.2) is 4.34 Å². The molecular formula is C19H26N4OS2. The molecule has 1 fully saturated rings. The maximum absolute atomic E-state index is 12.5. The predicted octanol–water partition coefficient (Wildman–Crippen LogP) is 4.50. The number of aromatic nitrogens is 2. The summed E-state index contributed by atoms with van der Waals surface area (Å²) in [6.07, 6.45) is 1.21. The molecule has 5 nitrogen and oxygen atoms in total. The van der Waals surface area contributed by atoms with Crippen molar-refractivity contribution in [1.29, 1.82) is 0 Å². The number of nitrogens with zero attached hydrogens (tertiary/aromatic N) is 3. The van der Waals surface area contributed by atoms with Crippen LogP contribution in [-0.4, -0.2) is 39.8 Å². The number of para-hydroxylation sites is 1. The van der Waals surface area contributed by atoms with Crippen LogP contribution >= 0.6 is 23.1 Å². The Morgan fingerprint density at radius 1 is 1.23 bits per heavy atom. The highest BCUT2D eigenvalue weighted by atomic mass is 32.2. The second kappa shape index (κ2) is 8.39. The first-order valence-electron chi connectivity index (χ1n) is 8.99. The minimum absolute atomic E-state index is 0.202. The minimum Gasteiger partial charge on any atom is -0.341 e. The third-order valence-corrected chi connectivity index (χ3v) is 6.62. The van der Waals surface area contributed by atoms with Crippen LogP contribution in [0.1, 0.15) is 31.4 Å². The van der Waals surface area contributed by atoms with Crippen LogP contribution in [0.4, 0.5) is 10.8 Å². The van der Waals surface area contributed by atoms with Gasteiger partial charge in [-0.2, -0.15) is 0 Å². The second-order valence-corrected chi connectivity index (χ2v) is 9.50. The molecule has 2 atom stereocenters. The standard InChI is InChI=1S/C19H26N4OS2/c1-12-8-13(2)10-23(9-12)16(24)11-25-19-22-21-18(26-19)20-17-14(3)6-5-7-15(17)4/h5-7,12-13H,8-11H2,1-4H3,(H,20,21). The molecule has 1 saturated heterocycles. The highest BCUT2D eigenvalue weighted by Crippen LogP contribution is 2.30. The maximum atomic E-state index is 12.5. The lowest BCUT2D eigenvalue weighted by molar-refractivity contribution is -0.130. The molecule has 1 aliphatic rings. The van der Waals surface area contributed by atoms with Crippen LogP contribution in [0, 0.1) is 25.7 Å². The van der Waals surface area contributed by atoms with Crippen molar-refractivity contribution in [3.8, 4) is 0 Å². The Hall–Kier alpha value is -1.60. The average Bonchev–Trinajstić information content (AvgIpc) is 3.03. The molecule has 1 aliphatic heterocycles. The Labute approximate surface area is 163 Å². The smallest absolute Gasteiger partial charge is 0.233 e. The fourth-order valence-electron chi connectivity index (χ4n) is 3.52. The number of amides is 1. The average molecular weight is 391 g/mol. The summed E-state index contributed by atoms with van der Waals surface area (Å²) in [4.78, 5) is 14.5. The fraction of sp³-hybridized carbons (Fsp3) is 0.526. The van der Waals surface area contributed by atoms with E-state index in [0.717, 1.165) is 28.2 Å². The molecule has 3 rings (SSSR count). The Morgan fingerprint density at radius 3 is 2.54 bits per heavy atom. The van der Waals surface area contributed by atoms with Gasteiger partial charge >= 0.3 is 0 Å². The molecule has 2 heterocycles. The first kappa shape index (κ1) is 19.2. The van der Waals surface area contributed by atoms with E-state index in [4.69, 9.17) is 0 Å². The number of carbonyl (C=O) groups is 1. The topological polar surface area (TPSA) is 58.1 Å². The molecule has 1 aromatic heterocycles. The minimum atomic E-state index is 0.202. The van der Waals surface area contributed by atoms with E-state index in [2.05, 4.69) is 55.3 Å². The molecule has 1 N–H and O–H groups in total. The molecule has 0 aliphatic carbocycles. The van der Waals surface area contributed by atoms with Crippen molar-refractivity contribution in [1.82, 2.24) is 15.1 Å². The summed E-state index contributed by atoms with van der Waals surface area (Å²) >= 11 is 2.97. The van der Waals surface area contributed by atoms with Gasteiger partial charge in [-0.05, 0) is 43.2 Å². The number of likely N-dealkylation sites (tertiary alicyclic amines) is 1. The number of aryl methyl sites for hydroxylation is 2. The van der Waals surface area contributed by atoms with Crippen LogP contribution in [0.15, 0.2) is 22.5 Å². The summed E-state index contributed by atoms with van der Waals surface area (Å²) in [5.74, 6) is 1.80. The van der Waals surface area contributed by atoms with E-state index in [0.29, 0.717) is 17.6 Å². The molecule has 0 saturated carbocycles. The number of piperidine rings is 1. The van der Waals surface area contributed by atoms with E-state index in [9.17, 15) is 4.79 Å². The largest absolute Gasteiger partial charge is 0.341 e. The highest BCUT2D eigenvalue weighted by Gasteiger charge is 2.25. The number of nitrogens with one attached hydrogen (secondary N) is 1. The van der Waals surface area contributed by atoms with Gasteiger partial charge in [-0.1, -0.05) is 55.1 Å². The van der Waals surface area contributed by atoms with Gasteiger partial charge in [0.2, 0.25) is 11.0 Å². The third-order valence-electron chi connectivity index (χ3n) is 4.66. The van der Waals surface area contributed by atoms with Gasteiger partial charge in [-0.15, -0.1) is 10.2 Å². The number of carbonyl (C=O) groups excluding carboxylic acids is 1. The molecular weight excluding hydrogens is 364 g/mol. The molecule has 1 aromatic carbocycles. The monoisotopic (exact) mass is 390 g/mol. The van der Waals surface area contributed by atoms with Crippen LogP contribution in [0.5, 0.6) is 0 Å². The zero-order valence-electron chi connectivity index (χ0n) is 15.8. The molecule has 0 bridgehead atoms. The highest BCUT2D eigenvalue weighted by molar-refractivity contribution is 8.01. The van der Waals surface area contributed by atoms with Crippen LogP contribution in [-0.2, 0) is 4.79 Å². The van der Waals surface area contributed by atoms with Crippen LogP contribution in [0.2, 0.25) is 0 Å². The van der Waals surface area contributed by atoms with Crippen molar-refractivity contribution in [2.24, 2.45) is 11.8 Å². The van der Waals surface area contributed by atoms with Crippen LogP contribution in [0.25, 0.3) is 0 Å². The van der Waals surface area contributed by atoms with E-state index in [1.807, 2.05) is 11.0 Å². The molecule has 26 heavy (non-hydrogen) atoms. The Morgan fingerprint density at radius 2 is 1.88 bits per heavy atom. The number of anilines is 2. The molecule has 2 aromatic rings. The van der Waals surface area contributed by atoms with E-state index < -0.39 is 0 Å². The molecule has 7 heteroatoms. The summed E-state index contributed by atoms with van der Waals surface area (Å²) in [6, 6.07) is 6.20. The molecule has 140 valence electrons. The van der Waals surface area contributed by atoms with Crippen LogP contribution < -0.4 is 5.32 Å². The van der Waals surface area contributed by atoms with Gasteiger partial charge < -0.3 is 10.2 Å². The maximum Gasteiger partial charge on any atom is 0.233 e. The van der Waals surface area contributed by atoms with Crippen LogP contribution in [0.3, 0.4) is 0 Å². The Bertz CT molecular complexity index is 746.